The first-order chi connectivity index (χ1) is 20.4. The lowest BCUT2D eigenvalue weighted by Gasteiger charge is -2.34. The molecule has 0 bridgehead atoms. The molecular weight excluding hydrogens is 558 g/mol. The minimum atomic E-state index is -0.813. The van der Waals surface area contributed by atoms with Crippen LogP contribution in [0.3, 0.4) is 0 Å². The fourth-order valence-electron chi connectivity index (χ4n) is 4.27. The van der Waals surface area contributed by atoms with Crippen LogP contribution in [-0.4, -0.2) is 37.5 Å². The third-order valence-corrected chi connectivity index (χ3v) is 6.52. The molecule has 0 aliphatic carbocycles. The van der Waals surface area contributed by atoms with Crippen molar-refractivity contribution in [1.82, 2.24) is 0 Å². The first-order valence-electron chi connectivity index (χ1n) is 12.8. The molecular formula is C32H24ClN3O6. The highest BCUT2D eigenvalue weighted by molar-refractivity contribution is 6.46. The number of imide groups is 2. The molecule has 10 heteroatoms. The van der Waals surface area contributed by atoms with Gasteiger partial charge in [-0.1, -0.05) is 48.0 Å². The largest absolute Gasteiger partial charge is 0.497 e. The van der Waals surface area contributed by atoms with Gasteiger partial charge < -0.3 is 14.8 Å². The molecule has 0 atom stereocenters. The van der Waals surface area contributed by atoms with Crippen molar-refractivity contribution >= 4 is 58.5 Å². The summed E-state index contributed by atoms with van der Waals surface area (Å²) in [5, 5.41) is 3.03. The Balaban J connectivity index is 1.47. The highest BCUT2D eigenvalue weighted by atomic mass is 35.5. The molecule has 1 fully saturated rings. The highest BCUT2D eigenvalue weighted by Crippen LogP contribution is 2.32. The number of hydrogen-bond donors (Lipinski definition) is 1. The molecule has 0 radical (unpaired) electrons. The van der Waals surface area contributed by atoms with E-state index in [0.29, 0.717) is 27.8 Å². The number of nitrogens with zero attached hydrogens (tertiary/aromatic N) is 2. The van der Waals surface area contributed by atoms with E-state index in [9.17, 15) is 19.2 Å². The summed E-state index contributed by atoms with van der Waals surface area (Å²) in [6.45, 7) is -0.365. The summed E-state index contributed by atoms with van der Waals surface area (Å²) in [4.78, 5) is 55.3. The van der Waals surface area contributed by atoms with Crippen LogP contribution in [0.15, 0.2) is 109 Å². The number of benzene rings is 4. The van der Waals surface area contributed by atoms with E-state index in [1.165, 1.54) is 18.2 Å². The zero-order valence-corrected chi connectivity index (χ0v) is 23.1. The van der Waals surface area contributed by atoms with Gasteiger partial charge in [0.15, 0.2) is 6.61 Å². The molecule has 4 aromatic carbocycles. The number of carbonyl (C=O) groups excluding carboxylic acids is 4. The van der Waals surface area contributed by atoms with Gasteiger partial charge in [0.05, 0.1) is 18.5 Å². The van der Waals surface area contributed by atoms with Crippen LogP contribution in [-0.2, 0) is 14.4 Å². The van der Waals surface area contributed by atoms with E-state index in [4.69, 9.17) is 21.1 Å². The zero-order chi connectivity index (χ0) is 29.6. The monoisotopic (exact) mass is 581 g/mol. The average Bonchev–Trinajstić information content (AvgIpc) is 3.00. The number of amides is 5. The third kappa shape index (κ3) is 6.01. The molecule has 1 saturated heterocycles. The molecule has 9 nitrogen and oxygen atoms in total. The standard InChI is InChI=1S/C32H24ClN3O6/c1-41-26-15-13-23(14-16-26)34-29(37)20-42-28-17-12-22(33)18-21(28)19-27-30(38)35(24-8-4-2-5-9-24)32(40)36(31(27)39)25-10-6-3-7-11-25/h2-19H,20H2,1H3,(H,34,37). The lowest BCUT2D eigenvalue weighted by molar-refractivity contribution is -0.121. The third-order valence-electron chi connectivity index (χ3n) is 6.28. The van der Waals surface area contributed by atoms with Crippen molar-refractivity contribution in [2.45, 2.75) is 0 Å². The van der Waals surface area contributed by atoms with E-state index in [1.807, 2.05) is 0 Å². The first kappa shape index (κ1) is 28.1. The number of nitrogens with one attached hydrogen (secondary N) is 1. The van der Waals surface area contributed by atoms with Gasteiger partial charge in [-0.15, -0.1) is 0 Å². The van der Waals surface area contributed by atoms with Gasteiger partial charge in [-0.05, 0) is 72.8 Å². The van der Waals surface area contributed by atoms with Gasteiger partial charge in [-0.3, -0.25) is 14.4 Å². The summed E-state index contributed by atoms with van der Waals surface area (Å²) < 4.78 is 10.9. The van der Waals surface area contributed by atoms with Crippen LogP contribution < -0.4 is 24.6 Å². The first-order valence-corrected chi connectivity index (χ1v) is 13.1. The number of para-hydroxylation sites is 2. The Bertz CT molecular complexity index is 1610. The van der Waals surface area contributed by atoms with Crippen molar-refractivity contribution in [1.29, 1.82) is 0 Å². The molecule has 42 heavy (non-hydrogen) atoms. The van der Waals surface area contributed by atoms with Gasteiger partial charge in [-0.2, -0.15) is 0 Å². The van der Waals surface area contributed by atoms with Gasteiger partial charge in [0, 0.05) is 16.3 Å². The minimum absolute atomic E-state index is 0.201. The minimum Gasteiger partial charge on any atom is -0.497 e. The lowest BCUT2D eigenvalue weighted by atomic mass is 10.0. The maximum atomic E-state index is 13.7. The zero-order valence-electron chi connectivity index (χ0n) is 22.3. The Labute approximate surface area is 246 Å². The number of rotatable bonds is 8. The SMILES string of the molecule is COc1ccc(NC(=O)COc2ccc(Cl)cc2C=C2C(=O)N(c3ccccc3)C(=O)N(c3ccccc3)C2=O)cc1. The van der Waals surface area contributed by atoms with Crippen molar-refractivity contribution in [3.8, 4) is 11.5 Å². The van der Waals surface area contributed by atoms with E-state index in [1.54, 1.807) is 98.1 Å². The number of halogens is 1. The van der Waals surface area contributed by atoms with Crippen LogP contribution in [0.25, 0.3) is 6.08 Å². The quantitative estimate of drug-likeness (QED) is 0.204. The average molecular weight is 582 g/mol. The fraction of sp³-hybridized carbons (Fsp3) is 0.0625. The van der Waals surface area contributed by atoms with Crippen LogP contribution in [0.1, 0.15) is 5.56 Å². The van der Waals surface area contributed by atoms with Gasteiger partial charge in [-0.25, -0.2) is 14.6 Å². The molecule has 1 N–H and O–H groups in total. The summed E-state index contributed by atoms with van der Waals surface area (Å²) in [7, 11) is 1.55. The topological polar surface area (TPSA) is 105 Å². The Kier molecular flexibility index (Phi) is 8.31. The van der Waals surface area contributed by atoms with E-state index in [0.717, 1.165) is 9.80 Å². The normalized spacial score (nSPS) is 13.2. The highest BCUT2D eigenvalue weighted by Gasteiger charge is 2.43. The van der Waals surface area contributed by atoms with Crippen molar-refractivity contribution in [3.05, 3.63) is 119 Å². The maximum absolute atomic E-state index is 13.7. The van der Waals surface area contributed by atoms with Crippen molar-refractivity contribution in [2.24, 2.45) is 0 Å². The molecule has 4 aromatic rings. The van der Waals surface area contributed by atoms with E-state index < -0.39 is 23.8 Å². The Morgan fingerprint density at radius 3 is 1.93 bits per heavy atom. The second-order valence-electron chi connectivity index (χ2n) is 9.04. The van der Waals surface area contributed by atoms with Gasteiger partial charge in [0.2, 0.25) is 0 Å². The predicted octanol–water partition coefficient (Wildman–Crippen LogP) is 5.95. The summed E-state index contributed by atoms with van der Waals surface area (Å²) in [6.07, 6.45) is 1.31. The molecule has 0 saturated carbocycles. The van der Waals surface area contributed by atoms with Gasteiger partial charge in [0.25, 0.3) is 17.7 Å². The Hall–Kier alpha value is -5.41. The second kappa shape index (κ2) is 12.4. The molecule has 1 heterocycles. The smallest absolute Gasteiger partial charge is 0.343 e. The van der Waals surface area contributed by atoms with Crippen LogP contribution >= 0.6 is 11.6 Å². The summed E-state index contributed by atoms with van der Waals surface area (Å²) >= 11 is 6.26. The number of ether oxygens (including phenoxy) is 2. The van der Waals surface area contributed by atoms with E-state index >= 15 is 0 Å². The molecule has 5 rings (SSSR count). The molecule has 1 aliphatic heterocycles. The molecule has 1 aliphatic rings. The predicted molar refractivity (Wildman–Crippen MR) is 160 cm³/mol. The number of hydrogen-bond acceptors (Lipinski definition) is 6. The summed E-state index contributed by atoms with van der Waals surface area (Å²) in [5.74, 6) is -1.21. The van der Waals surface area contributed by atoms with Gasteiger partial charge in [0.1, 0.15) is 17.1 Å². The van der Waals surface area contributed by atoms with Crippen LogP contribution in [0.5, 0.6) is 11.5 Å². The Morgan fingerprint density at radius 2 is 1.38 bits per heavy atom. The van der Waals surface area contributed by atoms with Crippen molar-refractivity contribution in [2.75, 3.05) is 28.8 Å². The lowest BCUT2D eigenvalue weighted by Crippen LogP contribution is -2.57. The second-order valence-corrected chi connectivity index (χ2v) is 9.48. The van der Waals surface area contributed by atoms with Gasteiger partial charge >= 0.3 is 6.03 Å². The molecule has 5 amide bonds. The fourth-order valence-corrected chi connectivity index (χ4v) is 4.45. The number of urea groups is 1. The van der Waals surface area contributed by atoms with E-state index in [2.05, 4.69) is 5.32 Å². The molecule has 0 aromatic heterocycles. The summed E-state index contributed by atoms with van der Waals surface area (Å²) in [5.41, 5.74) is 1.12. The van der Waals surface area contributed by atoms with E-state index in [-0.39, 0.29) is 23.5 Å². The van der Waals surface area contributed by atoms with Crippen LogP contribution in [0.4, 0.5) is 21.9 Å². The number of anilines is 3. The molecule has 210 valence electrons. The van der Waals surface area contributed by atoms with Crippen LogP contribution in [0.2, 0.25) is 5.02 Å². The number of barbiturate groups is 1. The summed E-state index contributed by atoms with van der Waals surface area (Å²) in [6, 6.07) is 27.2. The number of carbonyl (C=O) groups is 4. The number of methoxy groups -OCH3 is 1. The maximum Gasteiger partial charge on any atom is 0.343 e. The van der Waals surface area contributed by atoms with Crippen molar-refractivity contribution in [3.63, 3.8) is 0 Å². The molecule has 0 unspecified atom stereocenters. The van der Waals surface area contributed by atoms with Crippen LogP contribution in [0, 0.1) is 0 Å². The van der Waals surface area contributed by atoms with Crippen molar-refractivity contribution < 1.29 is 28.7 Å². The Morgan fingerprint density at radius 1 is 0.810 bits per heavy atom. The molecule has 0 spiro atoms.